The Kier molecular flexibility index (Phi) is 5.86. The van der Waals surface area contributed by atoms with Gasteiger partial charge < -0.3 is 4.90 Å². The van der Waals surface area contributed by atoms with Crippen molar-refractivity contribution in [1.82, 2.24) is 25.1 Å². The first-order chi connectivity index (χ1) is 14.1. The smallest absolute Gasteiger partial charge is 0.234 e. The molecule has 9 heteroatoms. The molecule has 0 bridgehead atoms. The van der Waals surface area contributed by atoms with Crippen LogP contribution in [-0.2, 0) is 4.79 Å². The van der Waals surface area contributed by atoms with Gasteiger partial charge in [0.1, 0.15) is 11.2 Å². The molecular formula is C20H20FN5OS2. The standard InChI is InChI=1S/C20H20FN5OS2/c1-13-6-5-9-17(14(13)2)26-20(22-23-24-26)29-12-18(27)25-10-11-28-19(25)15-7-3-4-8-16(15)21/h3-9,19H,10-12H2,1-2H3/t19-/m0/s1. The van der Waals surface area contributed by atoms with Crippen LogP contribution in [0.25, 0.3) is 5.69 Å². The van der Waals surface area contributed by atoms with E-state index in [1.165, 1.54) is 17.8 Å². The Morgan fingerprint density at radius 1 is 1.24 bits per heavy atom. The first-order valence-corrected chi connectivity index (χ1v) is 11.2. The van der Waals surface area contributed by atoms with E-state index in [4.69, 9.17) is 0 Å². The highest BCUT2D eigenvalue weighted by atomic mass is 32.2. The lowest BCUT2D eigenvalue weighted by Gasteiger charge is -2.24. The zero-order valence-corrected chi connectivity index (χ0v) is 17.7. The fraction of sp³-hybridized carbons (Fsp3) is 0.300. The Hall–Kier alpha value is -2.39. The van der Waals surface area contributed by atoms with Gasteiger partial charge in [0, 0.05) is 17.9 Å². The third-order valence-corrected chi connectivity index (χ3v) is 7.10. The Balaban J connectivity index is 1.49. The molecule has 0 radical (unpaired) electrons. The zero-order chi connectivity index (χ0) is 20.4. The summed E-state index contributed by atoms with van der Waals surface area (Å²) in [5.74, 6) is 0.645. The van der Waals surface area contributed by atoms with E-state index < -0.39 is 0 Å². The molecule has 1 aliphatic rings. The second-order valence-electron chi connectivity index (χ2n) is 6.71. The molecule has 1 aliphatic heterocycles. The number of amides is 1. The van der Waals surface area contributed by atoms with Gasteiger partial charge in [-0.15, -0.1) is 16.9 Å². The minimum atomic E-state index is -0.292. The summed E-state index contributed by atoms with van der Waals surface area (Å²) >= 11 is 2.88. The first-order valence-electron chi connectivity index (χ1n) is 9.19. The Bertz CT molecular complexity index is 1040. The minimum Gasteiger partial charge on any atom is -0.325 e. The highest BCUT2D eigenvalue weighted by Gasteiger charge is 2.32. The maximum atomic E-state index is 14.2. The predicted molar refractivity (Wildman–Crippen MR) is 113 cm³/mol. The highest BCUT2D eigenvalue weighted by molar-refractivity contribution is 8.00. The molecule has 0 unspecified atom stereocenters. The summed E-state index contributed by atoms with van der Waals surface area (Å²) in [6.45, 7) is 4.66. The molecule has 1 atom stereocenters. The number of halogens is 1. The summed E-state index contributed by atoms with van der Waals surface area (Å²) in [5.41, 5.74) is 3.68. The number of tetrazole rings is 1. The number of aryl methyl sites for hydroxylation is 1. The van der Waals surface area contributed by atoms with Gasteiger partial charge in [-0.3, -0.25) is 4.79 Å². The molecule has 2 aromatic carbocycles. The molecule has 2 heterocycles. The van der Waals surface area contributed by atoms with Gasteiger partial charge in [0.2, 0.25) is 11.1 Å². The molecule has 1 fully saturated rings. The Morgan fingerprint density at radius 3 is 2.90 bits per heavy atom. The number of thioether (sulfide) groups is 2. The van der Waals surface area contributed by atoms with Gasteiger partial charge in [-0.2, -0.15) is 4.68 Å². The van der Waals surface area contributed by atoms with Crippen molar-refractivity contribution < 1.29 is 9.18 Å². The molecule has 3 aromatic rings. The third kappa shape index (κ3) is 4.02. The van der Waals surface area contributed by atoms with Crippen LogP contribution in [-0.4, -0.2) is 49.1 Å². The van der Waals surface area contributed by atoms with E-state index in [9.17, 15) is 9.18 Å². The predicted octanol–water partition coefficient (Wildman–Crippen LogP) is 3.78. The molecule has 1 amide bonds. The van der Waals surface area contributed by atoms with Crippen LogP contribution >= 0.6 is 23.5 Å². The normalized spacial score (nSPS) is 16.4. The van der Waals surface area contributed by atoms with Gasteiger partial charge >= 0.3 is 0 Å². The lowest BCUT2D eigenvalue weighted by atomic mass is 10.1. The molecule has 0 saturated carbocycles. The van der Waals surface area contributed by atoms with Crippen molar-refractivity contribution >= 4 is 29.4 Å². The van der Waals surface area contributed by atoms with Crippen molar-refractivity contribution in [3.63, 3.8) is 0 Å². The molecule has 1 saturated heterocycles. The third-order valence-electron chi connectivity index (χ3n) is 4.95. The van der Waals surface area contributed by atoms with Crippen molar-refractivity contribution in [3.8, 4) is 5.69 Å². The SMILES string of the molecule is Cc1cccc(-n2nnnc2SCC(=O)N2CCS[C@H]2c2ccccc2F)c1C. The summed E-state index contributed by atoms with van der Waals surface area (Å²) in [7, 11) is 0. The molecule has 150 valence electrons. The molecule has 4 rings (SSSR count). The van der Waals surface area contributed by atoms with E-state index in [1.54, 1.807) is 39.5 Å². The van der Waals surface area contributed by atoms with Gasteiger partial charge in [0.05, 0.1) is 11.4 Å². The van der Waals surface area contributed by atoms with Crippen LogP contribution in [0.3, 0.4) is 0 Å². The highest BCUT2D eigenvalue weighted by Crippen LogP contribution is 2.39. The average Bonchev–Trinajstić information content (AvgIpc) is 3.38. The van der Waals surface area contributed by atoms with Gasteiger partial charge in [0.25, 0.3) is 0 Å². The van der Waals surface area contributed by atoms with Crippen LogP contribution in [0.4, 0.5) is 4.39 Å². The van der Waals surface area contributed by atoms with Crippen LogP contribution in [0.15, 0.2) is 47.6 Å². The van der Waals surface area contributed by atoms with E-state index in [0.717, 1.165) is 22.6 Å². The van der Waals surface area contributed by atoms with Crippen LogP contribution in [0.1, 0.15) is 22.1 Å². The van der Waals surface area contributed by atoms with Gasteiger partial charge in [0.15, 0.2) is 0 Å². The summed E-state index contributed by atoms with van der Waals surface area (Å²) in [6.07, 6.45) is 0. The van der Waals surface area contributed by atoms with Gasteiger partial charge in [-0.25, -0.2) is 4.39 Å². The van der Waals surface area contributed by atoms with E-state index in [0.29, 0.717) is 17.3 Å². The van der Waals surface area contributed by atoms with Crippen LogP contribution in [0, 0.1) is 19.7 Å². The van der Waals surface area contributed by atoms with Crippen LogP contribution in [0.2, 0.25) is 0 Å². The molecule has 0 N–H and O–H groups in total. The summed E-state index contributed by atoms with van der Waals surface area (Å²) in [5, 5.41) is 12.2. The molecule has 6 nitrogen and oxygen atoms in total. The average molecular weight is 430 g/mol. The van der Waals surface area contributed by atoms with Crippen molar-refractivity contribution in [1.29, 1.82) is 0 Å². The summed E-state index contributed by atoms with van der Waals surface area (Å²) in [4.78, 5) is 14.6. The van der Waals surface area contributed by atoms with Crippen molar-refractivity contribution in [3.05, 3.63) is 65.0 Å². The fourth-order valence-corrected chi connectivity index (χ4v) is 5.32. The van der Waals surface area contributed by atoms with Crippen molar-refractivity contribution in [2.45, 2.75) is 24.4 Å². The first kappa shape index (κ1) is 19.9. The number of benzene rings is 2. The topological polar surface area (TPSA) is 63.9 Å². The Labute approximate surface area is 176 Å². The maximum absolute atomic E-state index is 14.2. The number of carbonyl (C=O) groups excluding carboxylic acids is 1. The molecule has 0 aliphatic carbocycles. The van der Waals surface area contributed by atoms with Gasteiger partial charge in [-0.1, -0.05) is 42.1 Å². The fourth-order valence-electron chi connectivity index (χ4n) is 3.25. The second-order valence-corrected chi connectivity index (χ2v) is 8.84. The Morgan fingerprint density at radius 2 is 2.07 bits per heavy atom. The lowest BCUT2D eigenvalue weighted by molar-refractivity contribution is -0.128. The van der Waals surface area contributed by atoms with E-state index in [2.05, 4.69) is 15.5 Å². The van der Waals surface area contributed by atoms with Crippen LogP contribution < -0.4 is 0 Å². The number of carbonyl (C=O) groups is 1. The van der Waals surface area contributed by atoms with Crippen molar-refractivity contribution in [2.24, 2.45) is 0 Å². The number of rotatable bonds is 5. The molecule has 1 aromatic heterocycles. The van der Waals surface area contributed by atoms with Gasteiger partial charge in [-0.05, 0) is 47.5 Å². The summed E-state index contributed by atoms with van der Waals surface area (Å²) < 4.78 is 15.9. The molecule has 0 spiro atoms. The van der Waals surface area contributed by atoms with Crippen LogP contribution in [0.5, 0.6) is 0 Å². The summed E-state index contributed by atoms with van der Waals surface area (Å²) in [6, 6.07) is 12.6. The quantitative estimate of drug-likeness (QED) is 0.575. The largest absolute Gasteiger partial charge is 0.325 e. The van der Waals surface area contributed by atoms with E-state index in [1.807, 2.05) is 32.0 Å². The zero-order valence-electron chi connectivity index (χ0n) is 16.1. The lowest BCUT2D eigenvalue weighted by Crippen LogP contribution is -2.32. The monoisotopic (exact) mass is 429 g/mol. The second kappa shape index (κ2) is 8.54. The van der Waals surface area contributed by atoms with Crippen molar-refractivity contribution in [2.75, 3.05) is 18.1 Å². The molecular weight excluding hydrogens is 409 g/mol. The number of hydrogen-bond acceptors (Lipinski definition) is 6. The number of nitrogens with zero attached hydrogens (tertiary/aromatic N) is 5. The van der Waals surface area contributed by atoms with E-state index in [-0.39, 0.29) is 22.9 Å². The maximum Gasteiger partial charge on any atom is 0.234 e. The number of aromatic nitrogens is 4. The molecule has 29 heavy (non-hydrogen) atoms. The number of hydrogen-bond donors (Lipinski definition) is 0. The van der Waals surface area contributed by atoms with E-state index >= 15 is 0 Å². The minimum absolute atomic E-state index is 0.0521.